The molecule has 0 aliphatic carbocycles. The van der Waals surface area contributed by atoms with Crippen molar-refractivity contribution in [2.75, 3.05) is 33.2 Å². The molecular formula is C27H29ClN4. The Labute approximate surface area is 195 Å². The van der Waals surface area contributed by atoms with Crippen molar-refractivity contribution in [1.82, 2.24) is 19.2 Å². The van der Waals surface area contributed by atoms with E-state index in [2.05, 4.69) is 76.8 Å². The van der Waals surface area contributed by atoms with E-state index in [4.69, 9.17) is 16.6 Å². The molecule has 0 spiro atoms. The van der Waals surface area contributed by atoms with E-state index in [1.54, 1.807) is 0 Å². The smallest absolute Gasteiger partial charge is 0.144 e. The minimum atomic E-state index is 0.745. The number of benzene rings is 2. The van der Waals surface area contributed by atoms with Crippen LogP contribution in [0.15, 0.2) is 67.0 Å². The SMILES string of the molecule is Cc1ccc(-c2cc(-c3ccc(Cl)cc3)c3ncc(CN4CCCN(C)CC4)n3c2)cc1. The second kappa shape index (κ2) is 9.07. The zero-order valence-corrected chi connectivity index (χ0v) is 19.5. The van der Waals surface area contributed by atoms with Crippen LogP contribution in [-0.2, 0) is 6.54 Å². The molecule has 5 heteroatoms. The van der Waals surface area contributed by atoms with Crippen LogP contribution < -0.4 is 0 Å². The second-order valence-corrected chi connectivity index (χ2v) is 9.33. The maximum atomic E-state index is 6.17. The number of aromatic nitrogens is 2. The fourth-order valence-corrected chi connectivity index (χ4v) is 4.61. The molecule has 0 saturated carbocycles. The third-order valence-corrected chi connectivity index (χ3v) is 6.67. The minimum absolute atomic E-state index is 0.745. The maximum absolute atomic E-state index is 6.17. The van der Waals surface area contributed by atoms with Gasteiger partial charge in [0.25, 0.3) is 0 Å². The van der Waals surface area contributed by atoms with Gasteiger partial charge in [-0.3, -0.25) is 4.90 Å². The Morgan fingerprint density at radius 1 is 0.875 bits per heavy atom. The topological polar surface area (TPSA) is 23.8 Å². The van der Waals surface area contributed by atoms with E-state index in [9.17, 15) is 0 Å². The number of pyridine rings is 1. The van der Waals surface area contributed by atoms with E-state index in [1.165, 1.54) is 35.3 Å². The Morgan fingerprint density at radius 3 is 2.41 bits per heavy atom. The molecule has 0 amide bonds. The van der Waals surface area contributed by atoms with Gasteiger partial charge in [0.15, 0.2) is 0 Å². The van der Waals surface area contributed by atoms with Crippen LogP contribution in [0.4, 0.5) is 0 Å². The van der Waals surface area contributed by atoms with Crippen LogP contribution in [0.5, 0.6) is 0 Å². The minimum Gasteiger partial charge on any atom is -0.305 e. The van der Waals surface area contributed by atoms with E-state index < -0.39 is 0 Å². The lowest BCUT2D eigenvalue weighted by molar-refractivity contribution is 0.266. The highest BCUT2D eigenvalue weighted by atomic mass is 35.5. The summed E-state index contributed by atoms with van der Waals surface area (Å²) in [4.78, 5) is 9.83. The van der Waals surface area contributed by atoms with Crippen molar-refractivity contribution < 1.29 is 0 Å². The van der Waals surface area contributed by atoms with Crippen molar-refractivity contribution in [3.05, 3.63) is 83.3 Å². The van der Waals surface area contributed by atoms with E-state index >= 15 is 0 Å². The Kier molecular flexibility index (Phi) is 6.01. The molecular weight excluding hydrogens is 416 g/mol. The normalized spacial score (nSPS) is 15.8. The molecule has 2 aromatic carbocycles. The highest BCUT2D eigenvalue weighted by molar-refractivity contribution is 6.30. The summed E-state index contributed by atoms with van der Waals surface area (Å²) in [5, 5.41) is 0.745. The zero-order valence-electron chi connectivity index (χ0n) is 18.8. The molecule has 3 heterocycles. The summed E-state index contributed by atoms with van der Waals surface area (Å²) >= 11 is 6.17. The Hall–Kier alpha value is -2.66. The molecule has 0 bridgehead atoms. The number of aryl methyl sites for hydroxylation is 1. The highest BCUT2D eigenvalue weighted by Gasteiger charge is 2.17. The highest BCUT2D eigenvalue weighted by Crippen LogP contribution is 2.31. The van der Waals surface area contributed by atoms with Gasteiger partial charge >= 0.3 is 0 Å². The summed E-state index contributed by atoms with van der Waals surface area (Å²) < 4.78 is 2.29. The quantitative estimate of drug-likeness (QED) is 0.399. The van der Waals surface area contributed by atoms with Gasteiger partial charge in [0.05, 0.1) is 11.9 Å². The van der Waals surface area contributed by atoms with Crippen LogP contribution in [0.2, 0.25) is 5.02 Å². The summed E-state index contributed by atoms with van der Waals surface area (Å²) in [7, 11) is 2.21. The van der Waals surface area contributed by atoms with E-state index in [-0.39, 0.29) is 0 Å². The summed E-state index contributed by atoms with van der Waals surface area (Å²) in [6.45, 7) is 7.53. The lowest BCUT2D eigenvalue weighted by Crippen LogP contribution is -2.28. The van der Waals surface area contributed by atoms with Crippen LogP contribution in [0.25, 0.3) is 27.9 Å². The van der Waals surface area contributed by atoms with Gasteiger partial charge in [-0.25, -0.2) is 4.98 Å². The molecule has 1 saturated heterocycles. The lowest BCUT2D eigenvalue weighted by Gasteiger charge is -2.20. The number of nitrogens with zero attached hydrogens (tertiary/aromatic N) is 4. The molecule has 0 atom stereocenters. The fraction of sp³-hybridized carbons (Fsp3) is 0.296. The maximum Gasteiger partial charge on any atom is 0.144 e. The van der Waals surface area contributed by atoms with Crippen LogP contribution in [0.1, 0.15) is 17.7 Å². The largest absolute Gasteiger partial charge is 0.305 e. The number of fused-ring (bicyclic) bond motifs is 1. The van der Waals surface area contributed by atoms with Gasteiger partial charge in [-0.15, -0.1) is 0 Å². The van der Waals surface area contributed by atoms with Crippen LogP contribution in [-0.4, -0.2) is 52.4 Å². The summed E-state index contributed by atoms with van der Waals surface area (Å²) in [5.41, 5.74) is 8.14. The zero-order chi connectivity index (χ0) is 22.1. The van der Waals surface area contributed by atoms with Crippen molar-refractivity contribution in [3.63, 3.8) is 0 Å². The molecule has 0 unspecified atom stereocenters. The Balaban J connectivity index is 1.60. The number of likely N-dealkylation sites (N-methyl/N-ethyl adjacent to an activating group) is 1. The first-order valence-electron chi connectivity index (χ1n) is 11.3. The molecule has 4 aromatic rings. The van der Waals surface area contributed by atoms with Crippen LogP contribution in [0.3, 0.4) is 0 Å². The van der Waals surface area contributed by atoms with Crippen molar-refractivity contribution in [2.24, 2.45) is 0 Å². The van der Waals surface area contributed by atoms with Gasteiger partial charge in [-0.2, -0.15) is 0 Å². The first-order valence-corrected chi connectivity index (χ1v) is 11.7. The first-order chi connectivity index (χ1) is 15.6. The predicted molar refractivity (Wildman–Crippen MR) is 133 cm³/mol. The van der Waals surface area contributed by atoms with Crippen molar-refractivity contribution in [3.8, 4) is 22.3 Å². The lowest BCUT2D eigenvalue weighted by atomic mass is 10.0. The molecule has 0 N–H and O–H groups in total. The third kappa shape index (κ3) is 4.44. The van der Waals surface area contributed by atoms with Gasteiger partial charge < -0.3 is 9.30 Å². The molecule has 1 fully saturated rings. The first kappa shape index (κ1) is 21.2. The molecule has 5 rings (SSSR count). The van der Waals surface area contributed by atoms with E-state index in [1.807, 2.05) is 18.3 Å². The van der Waals surface area contributed by atoms with E-state index in [0.29, 0.717) is 0 Å². The molecule has 2 aromatic heterocycles. The Morgan fingerprint density at radius 2 is 1.62 bits per heavy atom. The molecule has 4 nitrogen and oxygen atoms in total. The van der Waals surface area contributed by atoms with Crippen molar-refractivity contribution in [1.29, 1.82) is 0 Å². The molecule has 1 aliphatic heterocycles. The predicted octanol–water partition coefficient (Wildman–Crippen LogP) is 5.77. The number of imidazole rings is 1. The van der Waals surface area contributed by atoms with Crippen LogP contribution in [0, 0.1) is 6.92 Å². The van der Waals surface area contributed by atoms with Gasteiger partial charge in [0.2, 0.25) is 0 Å². The summed E-state index contributed by atoms with van der Waals surface area (Å²) in [5.74, 6) is 0. The van der Waals surface area contributed by atoms with Gasteiger partial charge in [-0.1, -0.05) is 53.6 Å². The second-order valence-electron chi connectivity index (χ2n) is 8.89. The third-order valence-electron chi connectivity index (χ3n) is 6.42. The average Bonchev–Trinajstić information content (AvgIpc) is 3.08. The van der Waals surface area contributed by atoms with Crippen molar-refractivity contribution >= 4 is 17.2 Å². The monoisotopic (exact) mass is 444 g/mol. The van der Waals surface area contributed by atoms with Gasteiger partial charge in [0.1, 0.15) is 5.65 Å². The molecule has 1 aliphatic rings. The average molecular weight is 445 g/mol. The molecule has 32 heavy (non-hydrogen) atoms. The fourth-order valence-electron chi connectivity index (χ4n) is 4.49. The van der Waals surface area contributed by atoms with Crippen molar-refractivity contribution in [2.45, 2.75) is 19.9 Å². The summed E-state index contributed by atoms with van der Waals surface area (Å²) in [6.07, 6.45) is 5.49. The van der Waals surface area contributed by atoms with Crippen LogP contribution >= 0.6 is 11.6 Å². The van der Waals surface area contributed by atoms with Gasteiger partial charge in [0, 0.05) is 36.4 Å². The molecule has 164 valence electrons. The number of hydrogen-bond acceptors (Lipinski definition) is 3. The van der Waals surface area contributed by atoms with E-state index in [0.717, 1.165) is 48.0 Å². The number of halogens is 1. The number of rotatable bonds is 4. The van der Waals surface area contributed by atoms with Gasteiger partial charge in [-0.05, 0) is 68.4 Å². The standard InChI is InChI=1S/C27H29ClN4/c1-20-4-6-21(7-5-20)23-16-26(22-8-10-24(28)11-9-22)27-29-17-25(32(27)18-23)19-31-13-3-12-30(2)14-15-31/h4-11,16-18H,3,12-15,19H2,1-2H3. The number of hydrogen-bond donors (Lipinski definition) is 0. The molecule has 0 radical (unpaired) electrons. The summed E-state index contributed by atoms with van der Waals surface area (Å²) in [6, 6.07) is 19.0. The Bertz CT molecular complexity index is 1210.